The van der Waals surface area contributed by atoms with E-state index in [-0.39, 0.29) is 23.6 Å². The van der Waals surface area contributed by atoms with Gasteiger partial charge in [0.1, 0.15) is 6.04 Å². The second-order valence-corrected chi connectivity index (χ2v) is 9.08. The maximum atomic E-state index is 13.3. The molecule has 0 aromatic heterocycles. The molecule has 1 unspecified atom stereocenters. The molecule has 1 fully saturated rings. The van der Waals surface area contributed by atoms with Crippen molar-refractivity contribution in [2.24, 2.45) is 0 Å². The molecule has 0 heterocycles. The molecule has 6 heteroatoms. The van der Waals surface area contributed by atoms with E-state index in [4.69, 9.17) is 11.6 Å². The molecule has 1 atom stereocenters. The van der Waals surface area contributed by atoms with E-state index >= 15 is 0 Å². The second-order valence-electron chi connectivity index (χ2n) is 7.63. The monoisotopic (exact) mass is 444 g/mol. The fourth-order valence-corrected chi connectivity index (χ4v) is 4.84. The number of carbonyl (C=O) groups excluding carboxylic acids is 2. The summed E-state index contributed by atoms with van der Waals surface area (Å²) in [7, 11) is 0. The van der Waals surface area contributed by atoms with E-state index in [2.05, 4.69) is 5.32 Å². The van der Waals surface area contributed by atoms with Gasteiger partial charge in [0.15, 0.2) is 0 Å². The van der Waals surface area contributed by atoms with Gasteiger partial charge in [-0.05, 0) is 43.0 Å². The number of nitrogens with zero attached hydrogens (tertiary/aromatic N) is 1. The largest absolute Gasteiger partial charge is 0.352 e. The van der Waals surface area contributed by atoms with Crippen molar-refractivity contribution in [3.05, 3.63) is 65.2 Å². The van der Waals surface area contributed by atoms with Crippen LogP contribution in [0.2, 0.25) is 5.02 Å². The van der Waals surface area contributed by atoms with Crippen molar-refractivity contribution in [1.29, 1.82) is 0 Å². The summed E-state index contributed by atoms with van der Waals surface area (Å²) >= 11 is 7.86. The van der Waals surface area contributed by atoms with E-state index in [0.717, 1.165) is 36.1 Å². The highest BCUT2D eigenvalue weighted by Crippen LogP contribution is 2.24. The molecule has 2 aromatic carbocycles. The van der Waals surface area contributed by atoms with Crippen LogP contribution in [0.3, 0.4) is 0 Å². The third kappa shape index (κ3) is 6.26. The summed E-state index contributed by atoms with van der Waals surface area (Å²) in [5.41, 5.74) is 0.851. The quantitative estimate of drug-likeness (QED) is 0.534. The Kier molecular flexibility index (Phi) is 8.64. The van der Waals surface area contributed by atoms with Gasteiger partial charge in [-0.2, -0.15) is 0 Å². The van der Waals surface area contributed by atoms with Crippen LogP contribution in [0.5, 0.6) is 0 Å². The van der Waals surface area contributed by atoms with Crippen LogP contribution in [0.15, 0.2) is 59.5 Å². The molecule has 160 valence electrons. The van der Waals surface area contributed by atoms with Crippen molar-refractivity contribution in [3.8, 4) is 0 Å². The van der Waals surface area contributed by atoms with Gasteiger partial charge >= 0.3 is 0 Å². The minimum absolute atomic E-state index is 0.0582. The standard InChI is InChI=1S/C24H29ClN2O2S/c1-2-22(24(29)26-19-11-7-8-12-19)27(16-18-10-6-9-15-21(18)25)23(28)17-30-20-13-4-3-5-14-20/h3-6,9-10,13-15,19,22H,2,7-8,11-12,16-17H2,1H3,(H,26,29). The lowest BCUT2D eigenvalue weighted by atomic mass is 10.1. The topological polar surface area (TPSA) is 49.4 Å². The summed E-state index contributed by atoms with van der Waals surface area (Å²) in [6.07, 6.45) is 4.90. The van der Waals surface area contributed by atoms with Gasteiger partial charge in [0, 0.05) is 22.5 Å². The highest BCUT2D eigenvalue weighted by atomic mass is 35.5. The normalized spacial score (nSPS) is 15.0. The van der Waals surface area contributed by atoms with E-state index in [9.17, 15) is 9.59 Å². The van der Waals surface area contributed by atoms with Crippen molar-refractivity contribution >= 4 is 35.2 Å². The Hall–Kier alpha value is -1.98. The van der Waals surface area contributed by atoms with Crippen LogP contribution in [0.4, 0.5) is 0 Å². The molecule has 0 spiro atoms. The highest BCUT2D eigenvalue weighted by molar-refractivity contribution is 8.00. The van der Waals surface area contributed by atoms with Gasteiger partial charge in [-0.15, -0.1) is 11.8 Å². The minimum atomic E-state index is -0.509. The molecular formula is C24H29ClN2O2S. The summed E-state index contributed by atoms with van der Waals surface area (Å²) in [6.45, 7) is 2.28. The molecule has 2 aromatic rings. The van der Waals surface area contributed by atoms with E-state index in [1.807, 2.05) is 61.5 Å². The third-order valence-corrected chi connectivity index (χ3v) is 6.86. The Morgan fingerprint density at radius 3 is 2.43 bits per heavy atom. The van der Waals surface area contributed by atoms with Gasteiger partial charge in [-0.3, -0.25) is 9.59 Å². The molecule has 0 bridgehead atoms. The van der Waals surface area contributed by atoms with Gasteiger partial charge in [-0.25, -0.2) is 0 Å². The molecule has 0 radical (unpaired) electrons. The lowest BCUT2D eigenvalue weighted by Gasteiger charge is -2.31. The Bertz CT molecular complexity index is 840. The molecule has 3 rings (SSSR count). The number of carbonyl (C=O) groups is 2. The average Bonchev–Trinajstić information content (AvgIpc) is 3.27. The van der Waals surface area contributed by atoms with Crippen LogP contribution >= 0.6 is 23.4 Å². The predicted octanol–water partition coefficient (Wildman–Crippen LogP) is 5.30. The molecule has 1 N–H and O–H groups in total. The highest BCUT2D eigenvalue weighted by Gasteiger charge is 2.30. The van der Waals surface area contributed by atoms with Crippen molar-refractivity contribution in [2.45, 2.75) is 62.6 Å². The maximum absolute atomic E-state index is 13.3. The Morgan fingerprint density at radius 1 is 1.10 bits per heavy atom. The fourth-order valence-electron chi connectivity index (χ4n) is 3.84. The number of hydrogen-bond acceptors (Lipinski definition) is 3. The molecule has 0 saturated heterocycles. The molecular weight excluding hydrogens is 416 g/mol. The Balaban J connectivity index is 1.76. The summed E-state index contributed by atoms with van der Waals surface area (Å²) < 4.78 is 0. The number of benzene rings is 2. The number of nitrogens with one attached hydrogen (secondary N) is 1. The first-order chi connectivity index (χ1) is 14.6. The van der Waals surface area contributed by atoms with E-state index in [0.29, 0.717) is 18.0 Å². The number of halogens is 1. The molecule has 1 saturated carbocycles. The fraction of sp³-hybridized carbons (Fsp3) is 0.417. The van der Waals surface area contributed by atoms with Crippen LogP contribution in [-0.4, -0.2) is 34.6 Å². The van der Waals surface area contributed by atoms with Crippen LogP contribution in [0.25, 0.3) is 0 Å². The molecule has 1 aliphatic rings. The summed E-state index contributed by atoms with van der Waals surface area (Å²) in [5, 5.41) is 3.78. The van der Waals surface area contributed by atoms with Crippen molar-refractivity contribution in [1.82, 2.24) is 10.2 Å². The van der Waals surface area contributed by atoms with Gasteiger partial charge in [-0.1, -0.05) is 67.8 Å². The smallest absolute Gasteiger partial charge is 0.243 e. The van der Waals surface area contributed by atoms with Crippen LogP contribution < -0.4 is 5.32 Å². The first-order valence-electron chi connectivity index (χ1n) is 10.6. The van der Waals surface area contributed by atoms with E-state index in [1.165, 1.54) is 11.8 Å². The average molecular weight is 445 g/mol. The molecule has 1 aliphatic carbocycles. The zero-order chi connectivity index (χ0) is 21.3. The summed E-state index contributed by atoms with van der Waals surface area (Å²) in [4.78, 5) is 29.1. The first-order valence-corrected chi connectivity index (χ1v) is 12.0. The Labute approximate surface area is 188 Å². The Morgan fingerprint density at radius 2 is 1.77 bits per heavy atom. The lowest BCUT2D eigenvalue weighted by Crippen LogP contribution is -2.51. The SMILES string of the molecule is CCC(C(=O)NC1CCCC1)N(Cc1ccccc1Cl)C(=O)CSc1ccccc1. The number of amides is 2. The van der Waals surface area contributed by atoms with Gasteiger partial charge in [0.25, 0.3) is 0 Å². The maximum Gasteiger partial charge on any atom is 0.243 e. The molecule has 0 aliphatic heterocycles. The number of thioether (sulfide) groups is 1. The van der Waals surface area contributed by atoms with Gasteiger partial charge in [0.05, 0.1) is 5.75 Å². The molecule has 30 heavy (non-hydrogen) atoms. The molecule has 4 nitrogen and oxygen atoms in total. The third-order valence-electron chi connectivity index (χ3n) is 5.49. The second kappa shape index (κ2) is 11.4. The van der Waals surface area contributed by atoms with Crippen molar-refractivity contribution in [2.75, 3.05) is 5.75 Å². The molecule has 2 amide bonds. The van der Waals surface area contributed by atoms with E-state index < -0.39 is 6.04 Å². The lowest BCUT2D eigenvalue weighted by molar-refractivity contribution is -0.139. The van der Waals surface area contributed by atoms with E-state index in [1.54, 1.807) is 4.90 Å². The first kappa shape index (κ1) is 22.7. The van der Waals surface area contributed by atoms with Crippen LogP contribution in [-0.2, 0) is 16.1 Å². The summed E-state index contributed by atoms with van der Waals surface area (Å²) in [6, 6.07) is 17.1. The number of hydrogen-bond donors (Lipinski definition) is 1. The van der Waals surface area contributed by atoms with Crippen LogP contribution in [0, 0.1) is 0 Å². The number of rotatable bonds is 9. The van der Waals surface area contributed by atoms with Gasteiger partial charge in [0.2, 0.25) is 11.8 Å². The van der Waals surface area contributed by atoms with Gasteiger partial charge < -0.3 is 10.2 Å². The zero-order valence-electron chi connectivity index (χ0n) is 17.4. The van der Waals surface area contributed by atoms with Crippen LogP contribution in [0.1, 0.15) is 44.6 Å². The minimum Gasteiger partial charge on any atom is -0.352 e. The van der Waals surface area contributed by atoms with Crippen molar-refractivity contribution in [3.63, 3.8) is 0 Å². The zero-order valence-corrected chi connectivity index (χ0v) is 18.9. The predicted molar refractivity (Wildman–Crippen MR) is 124 cm³/mol. The van der Waals surface area contributed by atoms with Crippen molar-refractivity contribution < 1.29 is 9.59 Å². The summed E-state index contributed by atoms with van der Waals surface area (Å²) in [5.74, 6) is 0.161.